The molecule has 1 aromatic rings. The first-order chi connectivity index (χ1) is 8.18. The Hall–Kier alpha value is -1.71. The van der Waals surface area contributed by atoms with E-state index in [-0.39, 0.29) is 0 Å². The maximum absolute atomic E-state index is 11.3. The van der Waals surface area contributed by atoms with Crippen LogP contribution in [-0.2, 0) is 0 Å². The van der Waals surface area contributed by atoms with Gasteiger partial charge in [-0.15, -0.1) is 0 Å². The molecule has 2 rings (SSSR count). The van der Waals surface area contributed by atoms with Gasteiger partial charge in [0.2, 0.25) is 0 Å². The van der Waals surface area contributed by atoms with Crippen LogP contribution in [0, 0.1) is 5.92 Å². The molecule has 0 aliphatic heterocycles. The average Bonchev–Trinajstić information content (AvgIpc) is 3.09. The molecule has 0 radical (unpaired) electrons. The first-order valence-electron chi connectivity index (χ1n) is 6.10. The highest BCUT2D eigenvalue weighted by Crippen LogP contribution is 2.33. The molecule has 0 aromatic heterocycles. The molecule has 1 fully saturated rings. The smallest absolute Gasteiger partial charge is 0.250 e. The van der Waals surface area contributed by atoms with E-state index < -0.39 is 5.91 Å². The van der Waals surface area contributed by atoms with Crippen LogP contribution >= 0.6 is 0 Å². The van der Waals surface area contributed by atoms with Gasteiger partial charge in [0.15, 0.2) is 0 Å². The highest BCUT2D eigenvalue weighted by molar-refractivity contribution is 6.01. The second-order valence-corrected chi connectivity index (χ2v) is 4.65. The molecule has 92 valence electrons. The number of para-hydroxylation sites is 1. The van der Waals surface area contributed by atoms with E-state index in [1.165, 1.54) is 19.3 Å². The average molecular weight is 233 g/mol. The van der Waals surface area contributed by atoms with Crippen LogP contribution in [0.15, 0.2) is 18.2 Å². The lowest BCUT2D eigenvalue weighted by atomic mass is 10.1. The largest absolute Gasteiger partial charge is 0.397 e. The van der Waals surface area contributed by atoms with Crippen molar-refractivity contribution >= 4 is 17.3 Å². The predicted molar refractivity (Wildman–Crippen MR) is 69.8 cm³/mol. The van der Waals surface area contributed by atoms with Crippen LogP contribution in [0.3, 0.4) is 0 Å². The number of primary amides is 1. The molecule has 1 amide bonds. The number of nitrogens with two attached hydrogens (primary N) is 2. The number of nitrogens with one attached hydrogen (secondary N) is 1. The fourth-order valence-corrected chi connectivity index (χ4v) is 1.98. The van der Waals surface area contributed by atoms with Gasteiger partial charge in [0.1, 0.15) is 0 Å². The minimum Gasteiger partial charge on any atom is -0.397 e. The molecule has 17 heavy (non-hydrogen) atoms. The zero-order valence-corrected chi connectivity index (χ0v) is 9.91. The Labute approximate surface area is 101 Å². The van der Waals surface area contributed by atoms with Crippen molar-refractivity contribution in [1.82, 2.24) is 0 Å². The van der Waals surface area contributed by atoms with Gasteiger partial charge in [-0.2, -0.15) is 0 Å². The minimum absolute atomic E-state index is 0.443. The molecule has 4 heteroatoms. The number of hydrogen-bond acceptors (Lipinski definition) is 3. The zero-order valence-electron chi connectivity index (χ0n) is 9.91. The molecule has 1 aromatic carbocycles. The summed E-state index contributed by atoms with van der Waals surface area (Å²) in [4.78, 5) is 11.3. The summed E-state index contributed by atoms with van der Waals surface area (Å²) in [6.07, 6.45) is 5.11. The van der Waals surface area contributed by atoms with Crippen LogP contribution in [0.2, 0.25) is 0 Å². The molecule has 0 spiro atoms. The number of rotatable bonds is 6. The van der Waals surface area contributed by atoms with Crippen LogP contribution < -0.4 is 16.8 Å². The van der Waals surface area contributed by atoms with Crippen LogP contribution in [0.1, 0.15) is 36.0 Å². The maximum atomic E-state index is 11.3. The number of carbonyl (C=O) groups excluding carboxylic acids is 1. The van der Waals surface area contributed by atoms with Crippen molar-refractivity contribution in [2.24, 2.45) is 11.7 Å². The molecule has 0 heterocycles. The van der Waals surface area contributed by atoms with Gasteiger partial charge in [0.05, 0.1) is 16.9 Å². The van der Waals surface area contributed by atoms with E-state index in [1.54, 1.807) is 18.2 Å². The van der Waals surface area contributed by atoms with E-state index >= 15 is 0 Å². The van der Waals surface area contributed by atoms with Crippen molar-refractivity contribution in [2.75, 3.05) is 17.6 Å². The third-order valence-corrected chi connectivity index (χ3v) is 3.15. The lowest BCUT2D eigenvalue weighted by Crippen LogP contribution is -2.16. The summed E-state index contributed by atoms with van der Waals surface area (Å²) in [5.74, 6) is 0.488. The molecule has 0 unspecified atom stereocenters. The normalized spacial score (nSPS) is 14.6. The van der Waals surface area contributed by atoms with Crippen molar-refractivity contribution in [1.29, 1.82) is 0 Å². The van der Waals surface area contributed by atoms with Gasteiger partial charge < -0.3 is 16.8 Å². The van der Waals surface area contributed by atoms with Crippen molar-refractivity contribution < 1.29 is 4.79 Å². The highest BCUT2D eigenvalue weighted by atomic mass is 16.1. The van der Waals surface area contributed by atoms with Gasteiger partial charge >= 0.3 is 0 Å². The van der Waals surface area contributed by atoms with Crippen molar-refractivity contribution in [3.63, 3.8) is 0 Å². The number of benzene rings is 1. The van der Waals surface area contributed by atoms with Gasteiger partial charge in [0, 0.05) is 6.54 Å². The standard InChI is InChI=1S/C13H19N3O/c14-11-5-1-4-10(13(15)17)12(11)16-8-2-3-9-6-7-9/h1,4-5,9,16H,2-3,6-8,14H2,(H2,15,17). The first kappa shape index (κ1) is 11.8. The SMILES string of the molecule is NC(=O)c1cccc(N)c1NCCCC1CC1. The van der Waals surface area contributed by atoms with Gasteiger partial charge in [-0.05, 0) is 30.9 Å². The molecule has 0 bridgehead atoms. The van der Waals surface area contributed by atoms with Gasteiger partial charge in [0.25, 0.3) is 5.91 Å². The number of nitrogen functional groups attached to an aromatic ring is 1. The Morgan fingerprint density at radius 1 is 1.41 bits per heavy atom. The predicted octanol–water partition coefficient (Wildman–Crippen LogP) is 1.97. The Balaban J connectivity index is 1.94. The molecule has 4 nitrogen and oxygen atoms in total. The van der Waals surface area contributed by atoms with Crippen molar-refractivity contribution in [3.8, 4) is 0 Å². The van der Waals surface area contributed by atoms with Gasteiger partial charge in [-0.3, -0.25) is 4.79 Å². The van der Waals surface area contributed by atoms with Crippen LogP contribution in [0.4, 0.5) is 11.4 Å². The number of anilines is 2. The first-order valence-corrected chi connectivity index (χ1v) is 6.10. The third-order valence-electron chi connectivity index (χ3n) is 3.15. The number of carbonyl (C=O) groups is 1. The summed E-state index contributed by atoms with van der Waals surface area (Å²) in [5, 5.41) is 3.22. The Morgan fingerprint density at radius 3 is 2.82 bits per heavy atom. The minimum atomic E-state index is -0.443. The molecule has 1 saturated carbocycles. The lowest BCUT2D eigenvalue weighted by Gasteiger charge is -2.12. The fourth-order valence-electron chi connectivity index (χ4n) is 1.98. The summed E-state index contributed by atoms with van der Waals surface area (Å²) in [6.45, 7) is 0.838. The van der Waals surface area contributed by atoms with Crippen molar-refractivity contribution in [3.05, 3.63) is 23.8 Å². The zero-order chi connectivity index (χ0) is 12.3. The number of amides is 1. The topological polar surface area (TPSA) is 81.1 Å². The van der Waals surface area contributed by atoms with Crippen LogP contribution in [-0.4, -0.2) is 12.5 Å². The summed E-state index contributed by atoms with van der Waals surface area (Å²) < 4.78 is 0. The summed E-state index contributed by atoms with van der Waals surface area (Å²) >= 11 is 0. The van der Waals surface area contributed by atoms with E-state index in [4.69, 9.17) is 11.5 Å². The monoisotopic (exact) mass is 233 g/mol. The van der Waals surface area contributed by atoms with Crippen LogP contribution in [0.25, 0.3) is 0 Å². The summed E-state index contributed by atoms with van der Waals surface area (Å²) in [5.41, 5.74) is 12.9. The molecular weight excluding hydrogens is 214 g/mol. The van der Waals surface area contributed by atoms with E-state index in [9.17, 15) is 4.79 Å². The lowest BCUT2D eigenvalue weighted by molar-refractivity contribution is 0.100. The quantitative estimate of drug-likeness (QED) is 0.519. The second kappa shape index (κ2) is 5.08. The molecule has 1 aliphatic carbocycles. The Morgan fingerprint density at radius 2 is 2.18 bits per heavy atom. The number of hydrogen-bond donors (Lipinski definition) is 3. The van der Waals surface area contributed by atoms with E-state index in [0.717, 1.165) is 18.9 Å². The molecule has 1 aliphatic rings. The highest BCUT2D eigenvalue weighted by Gasteiger charge is 2.20. The van der Waals surface area contributed by atoms with E-state index in [0.29, 0.717) is 16.9 Å². The second-order valence-electron chi connectivity index (χ2n) is 4.65. The van der Waals surface area contributed by atoms with E-state index in [2.05, 4.69) is 5.32 Å². The Kier molecular flexibility index (Phi) is 3.52. The van der Waals surface area contributed by atoms with Gasteiger partial charge in [-0.25, -0.2) is 0 Å². The summed E-state index contributed by atoms with van der Waals surface area (Å²) in [7, 11) is 0. The summed E-state index contributed by atoms with van der Waals surface area (Å²) in [6, 6.07) is 5.21. The molecule has 5 N–H and O–H groups in total. The van der Waals surface area contributed by atoms with Gasteiger partial charge in [-0.1, -0.05) is 18.9 Å². The maximum Gasteiger partial charge on any atom is 0.250 e. The van der Waals surface area contributed by atoms with E-state index in [1.807, 2.05) is 0 Å². The third kappa shape index (κ3) is 3.12. The molecule has 0 saturated heterocycles. The van der Waals surface area contributed by atoms with Crippen LogP contribution in [0.5, 0.6) is 0 Å². The van der Waals surface area contributed by atoms with Crippen molar-refractivity contribution in [2.45, 2.75) is 25.7 Å². The fraction of sp³-hybridized carbons (Fsp3) is 0.462. The molecule has 0 atom stereocenters. The molecular formula is C13H19N3O. The Bertz CT molecular complexity index is 413.